The van der Waals surface area contributed by atoms with E-state index in [9.17, 15) is 14.7 Å². The third-order valence-corrected chi connectivity index (χ3v) is 3.69. The minimum Gasteiger partial charge on any atom is -0.392 e. The Morgan fingerprint density at radius 1 is 1.12 bits per heavy atom. The van der Waals surface area contributed by atoms with Gasteiger partial charge < -0.3 is 10.4 Å². The van der Waals surface area contributed by atoms with Crippen LogP contribution in [0.3, 0.4) is 0 Å². The molecule has 1 aromatic heterocycles. The Hall–Kier alpha value is -3.25. The molecule has 0 saturated carbocycles. The maximum atomic E-state index is 12.5. The van der Waals surface area contributed by atoms with Crippen LogP contribution in [-0.2, 0) is 6.61 Å². The number of aromatic nitrogens is 2. The third-order valence-electron chi connectivity index (χ3n) is 3.69. The van der Waals surface area contributed by atoms with Crippen molar-refractivity contribution in [2.45, 2.75) is 13.5 Å². The quantitative estimate of drug-likeness (QED) is 0.766. The van der Waals surface area contributed by atoms with Crippen molar-refractivity contribution >= 4 is 11.6 Å². The van der Waals surface area contributed by atoms with Gasteiger partial charge >= 0.3 is 0 Å². The Balaban J connectivity index is 1.96. The van der Waals surface area contributed by atoms with Gasteiger partial charge in [-0.15, -0.1) is 0 Å². The van der Waals surface area contributed by atoms with Gasteiger partial charge in [0.2, 0.25) is 5.43 Å². The number of carbonyl (C=O) groups is 1. The summed E-state index contributed by atoms with van der Waals surface area (Å²) in [4.78, 5) is 24.7. The summed E-state index contributed by atoms with van der Waals surface area (Å²) in [5.74, 6) is -0.593. The molecule has 0 bridgehead atoms. The Morgan fingerprint density at radius 3 is 2.60 bits per heavy atom. The van der Waals surface area contributed by atoms with Crippen molar-refractivity contribution < 1.29 is 9.90 Å². The Morgan fingerprint density at radius 2 is 1.88 bits per heavy atom. The van der Waals surface area contributed by atoms with E-state index in [-0.39, 0.29) is 12.3 Å². The van der Waals surface area contributed by atoms with E-state index in [0.717, 1.165) is 5.69 Å². The molecule has 0 saturated heterocycles. The molecule has 6 heteroatoms. The van der Waals surface area contributed by atoms with Gasteiger partial charge in [-0.2, -0.15) is 5.10 Å². The zero-order chi connectivity index (χ0) is 17.8. The Bertz CT molecular complexity index is 965. The van der Waals surface area contributed by atoms with Crippen molar-refractivity contribution in [3.05, 3.63) is 87.8 Å². The van der Waals surface area contributed by atoms with E-state index < -0.39 is 11.3 Å². The van der Waals surface area contributed by atoms with Crippen LogP contribution in [0.25, 0.3) is 5.69 Å². The first-order valence-corrected chi connectivity index (χ1v) is 7.76. The predicted molar refractivity (Wildman–Crippen MR) is 94.9 cm³/mol. The van der Waals surface area contributed by atoms with Gasteiger partial charge in [-0.1, -0.05) is 30.3 Å². The molecule has 2 N–H and O–H groups in total. The molecule has 0 aliphatic carbocycles. The number of para-hydroxylation sites is 1. The number of aliphatic hydroxyl groups is 1. The average molecular weight is 335 g/mol. The molecule has 0 radical (unpaired) electrons. The van der Waals surface area contributed by atoms with Crippen molar-refractivity contribution in [2.24, 2.45) is 0 Å². The van der Waals surface area contributed by atoms with Gasteiger partial charge in [0, 0.05) is 17.4 Å². The highest BCUT2D eigenvalue weighted by atomic mass is 16.3. The minimum absolute atomic E-state index is 0.132. The van der Waals surface area contributed by atoms with E-state index in [2.05, 4.69) is 10.4 Å². The summed E-state index contributed by atoms with van der Waals surface area (Å²) >= 11 is 0. The standard InChI is InChI=1S/C19H17N3O3/c1-13-10-17(24)18(21-22(13)16-8-3-2-4-9-16)19(25)20-15-7-5-6-14(11-15)12-23/h2-11,23H,12H2,1H3,(H,20,25). The highest BCUT2D eigenvalue weighted by Crippen LogP contribution is 2.12. The Kier molecular flexibility index (Phi) is 4.72. The molecule has 3 rings (SSSR count). The maximum Gasteiger partial charge on any atom is 0.280 e. The number of nitrogens with zero attached hydrogens (tertiary/aromatic N) is 2. The molecule has 1 heterocycles. The molecule has 126 valence electrons. The van der Waals surface area contributed by atoms with Gasteiger partial charge in [-0.05, 0) is 36.8 Å². The lowest BCUT2D eigenvalue weighted by molar-refractivity contribution is 0.101. The first-order valence-electron chi connectivity index (χ1n) is 7.76. The summed E-state index contributed by atoms with van der Waals surface area (Å²) < 4.78 is 1.56. The van der Waals surface area contributed by atoms with E-state index in [1.807, 2.05) is 30.3 Å². The summed E-state index contributed by atoms with van der Waals surface area (Å²) in [5.41, 5.74) is 1.91. The fourth-order valence-electron chi connectivity index (χ4n) is 2.47. The second-order valence-electron chi connectivity index (χ2n) is 5.56. The highest BCUT2D eigenvalue weighted by molar-refractivity contribution is 6.02. The largest absolute Gasteiger partial charge is 0.392 e. The number of amides is 1. The maximum absolute atomic E-state index is 12.5. The van der Waals surface area contributed by atoms with Crippen molar-refractivity contribution in [2.75, 3.05) is 5.32 Å². The van der Waals surface area contributed by atoms with E-state index >= 15 is 0 Å². The summed E-state index contributed by atoms with van der Waals surface area (Å²) in [6.07, 6.45) is 0. The van der Waals surface area contributed by atoms with Gasteiger partial charge in [0.05, 0.1) is 12.3 Å². The number of aryl methyl sites for hydroxylation is 1. The number of rotatable bonds is 4. The first-order chi connectivity index (χ1) is 12.1. The normalized spacial score (nSPS) is 10.5. The number of anilines is 1. The van der Waals surface area contributed by atoms with Crippen LogP contribution in [0.5, 0.6) is 0 Å². The molecular formula is C19H17N3O3. The number of carbonyl (C=O) groups excluding carboxylic acids is 1. The van der Waals surface area contributed by atoms with Crippen LogP contribution in [0, 0.1) is 6.92 Å². The topological polar surface area (TPSA) is 84.2 Å². The van der Waals surface area contributed by atoms with Crippen LogP contribution < -0.4 is 10.7 Å². The van der Waals surface area contributed by atoms with E-state index in [4.69, 9.17) is 0 Å². The number of hydrogen-bond acceptors (Lipinski definition) is 4. The van der Waals surface area contributed by atoms with Gasteiger partial charge in [0.15, 0.2) is 5.69 Å². The van der Waals surface area contributed by atoms with Crippen molar-refractivity contribution in [1.82, 2.24) is 9.78 Å². The lowest BCUT2D eigenvalue weighted by Gasteiger charge is -2.11. The molecule has 0 aliphatic heterocycles. The molecule has 6 nitrogen and oxygen atoms in total. The predicted octanol–water partition coefficient (Wildman–Crippen LogP) is 2.29. The molecule has 3 aromatic rings. The zero-order valence-electron chi connectivity index (χ0n) is 13.6. The lowest BCUT2D eigenvalue weighted by Crippen LogP contribution is -2.26. The van der Waals surface area contributed by atoms with E-state index in [1.165, 1.54) is 6.07 Å². The highest BCUT2D eigenvalue weighted by Gasteiger charge is 2.15. The van der Waals surface area contributed by atoms with Crippen LogP contribution >= 0.6 is 0 Å². The van der Waals surface area contributed by atoms with Gasteiger partial charge in [0.1, 0.15) is 0 Å². The number of benzene rings is 2. The minimum atomic E-state index is -0.593. The lowest BCUT2D eigenvalue weighted by atomic mass is 10.2. The fraction of sp³-hybridized carbons (Fsp3) is 0.105. The second-order valence-corrected chi connectivity index (χ2v) is 5.56. The van der Waals surface area contributed by atoms with Crippen LogP contribution in [0.1, 0.15) is 21.7 Å². The van der Waals surface area contributed by atoms with Gasteiger partial charge in [-0.25, -0.2) is 4.68 Å². The van der Waals surface area contributed by atoms with Crippen molar-refractivity contribution in [3.63, 3.8) is 0 Å². The first kappa shape index (κ1) is 16.6. The SMILES string of the molecule is Cc1cc(=O)c(C(=O)Nc2cccc(CO)c2)nn1-c1ccccc1. The van der Waals surface area contributed by atoms with E-state index in [0.29, 0.717) is 16.9 Å². The summed E-state index contributed by atoms with van der Waals surface area (Å²) in [6, 6.07) is 17.4. The molecule has 0 spiro atoms. The van der Waals surface area contributed by atoms with Crippen LogP contribution in [0.4, 0.5) is 5.69 Å². The number of aliphatic hydroxyl groups excluding tert-OH is 1. The smallest absolute Gasteiger partial charge is 0.280 e. The monoisotopic (exact) mass is 335 g/mol. The molecule has 1 amide bonds. The Labute approximate surface area is 144 Å². The molecule has 0 aliphatic rings. The van der Waals surface area contributed by atoms with Crippen molar-refractivity contribution in [1.29, 1.82) is 0 Å². The molecule has 2 aromatic carbocycles. The zero-order valence-corrected chi connectivity index (χ0v) is 13.6. The third kappa shape index (κ3) is 3.64. The molecule has 0 fully saturated rings. The summed E-state index contributed by atoms with van der Waals surface area (Å²) in [5, 5.41) is 16.0. The fourth-order valence-corrected chi connectivity index (χ4v) is 2.47. The summed E-state index contributed by atoms with van der Waals surface area (Å²) in [7, 11) is 0. The van der Waals surface area contributed by atoms with Crippen molar-refractivity contribution in [3.8, 4) is 5.69 Å². The molecule has 0 atom stereocenters. The average Bonchev–Trinajstić information content (AvgIpc) is 2.62. The van der Waals surface area contributed by atoms with Crippen LogP contribution in [0.15, 0.2) is 65.5 Å². The summed E-state index contributed by atoms with van der Waals surface area (Å²) in [6.45, 7) is 1.63. The number of nitrogens with one attached hydrogen (secondary N) is 1. The van der Waals surface area contributed by atoms with Gasteiger partial charge in [-0.3, -0.25) is 9.59 Å². The second kappa shape index (κ2) is 7.11. The van der Waals surface area contributed by atoms with E-state index in [1.54, 1.807) is 35.9 Å². The molecular weight excluding hydrogens is 318 g/mol. The molecule has 0 unspecified atom stereocenters. The van der Waals surface area contributed by atoms with Crippen LogP contribution in [0.2, 0.25) is 0 Å². The van der Waals surface area contributed by atoms with Crippen LogP contribution in [-0.4, -0.2) is 20.8 Å². The molecule has 25 heavy (non-hydrogen) atoms. The number of hydrogen-bond donors (Lipinski definition) is 2. The van der Waals surface area contributed by atoms with Gasteiger partial charge in [0.25, 0.3) is 5.91 Å².